The van der Waals surface area contributed by atoms with Crippen LogP contribution >= 0.6 is 0 Å². The van der Waals surface area contributed by atoms with Crippen LogP contribution in [-0.2, 0) is 0 Å². The average molecular weight is 509 g/mol. The molecule has 1 saturated carbocycles. The standard InChI is InChI=1S/C29H40N4O4/c1-20-16-33(21(2)19-34)29(36)24-10-7-11-25(31-28(35)23-12-14-30-15-13-23)27(24)37-26(20)18-32(3)17-22-8-5-4-6-9-22/h7,10-15,20-22,26,34H,4-6,8-9,16-19H2,1-3H3,(H,31,35)/t20-,21-,26+/m1/s1. The molecule has 1 fully saturated rings. The third kappa shape index (κ3) is 6.67. The second kappa shape index (κ2) is 12.5. The van der Waals surface area contributed by atoms with Crippen molar-refractivity contribution < 1.29 is 19.4 Å². The molecule has 8 heteroatoms. The van der Waals surface area contributed by atoms with E-state index in [1.165, 1.54) is 32.1 Å². The number of pyridine rings is 1. The van der Waals surface area contributed by atoms with Crippen LogP contribution in [0.15, 0.2) is 42.7 Å². The summed E-state index contributed by atoms with van der Waals surface area (Å²) >= 11 is 0. The number of ether oxygens (including phenoxy) is 1. The number of carbonyl (C=O) groups excluding carboxylic acids is 2. The van der Waals surface area contributed by atoms with Crippen LogP contribution in [0, 0.1) is 11.8 Å². The minimum atomic E-state index is -0.336. The molecule has 0 unspecified atom stereocenters. The molecule has 0 radical (unpaired) electrons. The lowest BCUT2D eigenvalue weighted by molar-refractivity contribution is 0.0332. The molecule has 0 spiro atoms. The zero-order valence-electron chi connectivity index (χ0n) is 22.2. The fourth-order valence-electron chi connectivity index (χ4n) is 5.45. The number of rotatable bonds is 8. The lowest BCUT2D eigenvalue weighted by atomic mass is 9.89. The second-order valence-electron chi connectivity index (χ2n) is 10.7. The first-order chi connectivity index (χ1) is 17.9. The fraction of sp³-hybridized carbons (Fsp3) is 0.552. The summed E-state index contributed by atoms with van der Waals surface area (Å²) in [4.78, 5) is 34.7. The molecule has 1 aliphatic heterocycles. The Balaban J connectivity index is 1.63. The molecule has 37 heavy (non-hydrogen) atoms. The maximum atomic E-state index is 13.6. The molecule has 1 aromatic carbocycles. The number of anilines is 1. The summed E-state index contributed by atoms with van der Waals surface area (Å²) in [6, 6.07) is 8.19. The van der Waals surface area contributed by atoms with Gasteiger partial charge in [0.05, 0.1) is 23.9 Å². The molecule has 8 nitrogen and oxygen atoms in total. The van der Waals surface area contributed by atoms with Crippen molar-refractivity contribution in [1.29, 1.82) is 0 Å². The Bertz CT molecular complexity index is 1060. The van der Waals surface area contributed by atoms with Crippen molar-refractivity contribution in [2.45, 2.75) is 58.1 Å². The first kappa shape index (κ1) is 27.1. The van der Waals surface area contributed by atoms with Crippen molar-refractivity contribution >= 4 is 17.5 Å². The van der Waals surface area contributed by atoms with Crippen molar-refractivity contribution in [3.8, 4) is 5.75 Å². The molecular formula is C29H40N4O4. The number of hydrogen-bond acceptors (Lipinski definition) is 6. The van der Waals surface area contributed by atoms with Gasteiger partial charge in [-0.05, 0) is 57.0 Å². The Labute approximate surface area is 220 Å². The summed E-state index contributed by atoms with van der Waals surface area (Å²) in [5, 5.41) is 12.8. The summed E-state index contributed by atoms with van der Waals surface area (Å²) in [6.07, 6.45) is 9.42. The van der Waals surface area contributed by atoms with Gasteiger partial charge >= 0.3 is 0 Å². The van der Waals surface area contributed by atoms with Crippen LogP contribution < -0.4 is 10.1 Å². The molecule has 0 saturated heterocycles. The van der Waals surface area contributed by atoms with Crippen LogP contribution in [0.1, 0.15) is 66.7 Å². The molecule has 2 amide bonds. The van der Waals surface area contributed by atoms with Gasteiger partial charge in [0, 0.05) is 43.5 Å². The molecular weight excluding hydrogens is 468 g/mol. The third-order valence-electron chi connectivity index (χ3n) is 7.67. The van der Waals surface area contributed by atoms with E-state index >= 15 is 0 Å². The van der Waals surface area contributed by atoms with E-state index in [1.54, 1.807) is 47.6 Å². The van der Waals surface area contributed by atoms with Crippen LogP contribution in [0.25, 0.3) is 0 Å². The van der Waals surface area contributed by atoms with Gasteiger partial charge in [0.1, 0.15) is 6.10 Å². The second-order valence-corrected chi connectivity index (χ2v) is 10.7. The zero-order chi connectivity index (χ0) is 26.4. The summed E-state index contributed by atoms with van der Waals surface area (Å²) < 4.78 is 6.63. The SMILES string of the molecule is C[C@@H]1CN([C@H](C)CO)C(=O)c2cccc(NC(=O)c3ccncc3)c2O[C@H]1CN(C)CC1CCCCC1. The van der Waals surface area contributed by atoms with Crippen LogP contribution in [0.4, 0.5) is 5.69 Å². The Hall–Kier alpha value is -2.97. The zero-order valence-corrected chi connectivity index (χ0v) is 22.2. The van der Waals surface area contributed by atoms with E-state index in [9.17, 15) is 14.7 Å². The van der Waals surface area contributed by atoms with E-state index in [-0.39, 0.29) is 36.5 Å². The van der Waals surface area contributed by atoms with E-state index < -0.39 is 0 Å². The number of fused-ring (bicyclic) bond motifs is 1. The lowest BCUT2D eigenvalue weighted by Crippen LogP contribution is -2.50. The molecule has 1 aromatic heterocycles. The Morgan fingerprint density at radius 1 is 1.19 bits per heavy atom. The smallest absolute Gasteiger partial charge is 0.258 e. The Morgan fingerprint density at radius 2 is 1.92 bits per heavy atom. The molecule has 0 bridgehead atoms. The Morgan fingerprint density at radius 3 is 2.62 bits per heavy atom. The van der Waals surface area contributed by atoms with Gasteiger partial charge in [-0.1, -0.05) is 32.3 Å². The van der Waals surface area contributed by atoms with E-state index in [0.29, 0.717) is 41.6 Å². The highest BCUT2D eigenvalue weighted by atomic mass is 16.5. The van der Waals surface area contributed by atoms with Gasteiger partial charge in [-0.15, -0.1) is 0 Å². The monoisotopic (exact) mass is 508 g/mol. The number of aromatic nitrogens is 1. The number of likely N-dealkylation sites (N-methyl/N-ethyl adjacent to an activating group) is 1. The molecule has 2 N–H and O–H groups in total. The predicted octanol–water partition coefficient (Wildman–Crippen LogP) is 4.07. The highest BCUT2D eigenvalue weighted by molar-refractivity contribution is 6.07. The minimum Gasteiger partial charge on any atom is -0.486 e. The summed E-state index contributed by atoms with van der Waals surface area (Å²) in [5.41, 5.74) is 1.32. The quantitative estimate of drug-likeness (QED) is 0.558. The molecule has 4 rings (SSSR count). The molecule has 200 valence electrons. The van der Waals surface area contributed by atoms with Crippen LogP contribution in [-0.4, -0.2) is 77.1 Å². The molecule has 2 aromatic rings. The number of para-hydroxylation sites is 1. The first-order valence-electron chi connectivity index (χ1n) is 13.5. The average Bonchev–Trinajstić information content (AvgIpc) is 2.91. The number of nitrogens with zero attached hydrogens (tertiary/aromatic N) is 3. The van der Waals surface area contributed by atoms with Crippen LogP contribution in [0.3, 0.4) is 0 Å². The number of carbonyl (C=O) groups is 2. The number of nitrogens with one attached hydrogen (secondary N) is 1. The number of benzene rings is 1. The van der Waals surface area contributed by atoms with E-state index in [0.717, 1.165) is 6.54 Å². The molecule has 3 atom stereocenters. The molecule has 2 aliphatic rings. The van der Waals surface area contributed by atoms with E-state index in [1.807, 2.05) is 6.92 Å². The van der Waals surface area contributed by atoms with Gasteiger partial charge in [0.2, 0.25) is 0 Å². The van der Waals surface area contributed by atoms with Crippen molar-refractivity contribution in [2.75, 3.05) is 38.6 Å². The van der Waals surface area contributed by atoms with Gasteiger partial charge in [0.25, 0.3) is 11.8 Å². The minimum absolute atomic E-state index is 0.0175. The third-order valence-corrected chi connectivity index (χ3v) is 7.67. The van der Waals surface area contributed by atoms with Gasteiger partial charge in [-0.3, -0.25) is 14.6 Å². The van der Waals surface area contributed by atoms with Crippen molar-refractivity contribution in [3.05, 3.63) is 53.9 Å². The molecule has 2 heterocycles. The summed E-state index contributed by atoms with van der Waals surface area (Å²) in [6.45, 7) is 6.03. The highest BCUT2D eigenvalue weighted by Crippen LogP contribution is 2.35. The summed E-state index contributed by atoms with van der Waals surface area (Å²) in [7, 11) is 2.14. The normalized spacial score (nSPS) is 21.5. The van der Waals surface area contributed by atoms with Crippen LogP contribution in [0.2, 0.25) is 0 Å². The fourth-order valence-corrected chi connectivity index (χ4v) is 5.45. The van der Waals surface area contributed by atoms with E-state index in [2.05, 4.69) is 29.2 Å². The van der Waals surface area contributed by atoms with E-state index in [4.69, 9.17) is 4.74 Å². The Kier molecular flexibility index (Phi) is 9.16. The maximum Gasteiger partial charge on any atom is 0.258 e. The number of aliphatic hydroxyl groups is 1. The number of amides is 2. The van der Waals surface area contributed by atoms with Gasteiger partial charge in [-0.2, -0.15) is 0 Å². The first-order valence-corrected chi connectivity index (χ1v) is 13.5. The lowest BCUT2D eigenvalue weighted by Gasteiger charge is -2.39. The summed E-state index contributed by atoms with van der Waals surface area (Å²) in [5.74, 6) is 0.597. The maximum absolute atomic E-state index is 13.6. The molecule has 1 aliphatic carbocycles. The van der Waals surface area contributed by atoms with Crippen molar-refractivity contribution in [2.24, 2.45) is 11.8 Å². The topological polar surface area (TPSA) is 95.0 Å². The number of hydrogen-bond donors (Lipinski definition) is 2. The van der Waals surface area contributed by atoms with Gasteiger partial charge in [-0.25, -0.2) is 0 Å². The van der Waals surface area contributed by atoms with Crippen molar-refractivity contribution in [3.63, 3.8) is 0 Å². The predicted molar refractivity (Wildman–Crippen MR) is 144 cm³/mol. The van der Waals surface area contributed by atoms with Gasteiger partial charge in [0.15, 0.2) is 5.75 Å². The largest absolute Gasteiger partial charge is 0.486 e. The highest BCUT2D eigenvalue weighted by Gasteiger charge is 2.35. The number of aliphatic hydroxyl groups excluding tert-OH is 1. The van der Waals surface area contributed by atoms with Gasteiger partial charge < -0.3 is 25.0 Å². The van der Waals surface area contributed by atoms with Crippen molar-refractivity contribution in [1.82, 2.24) is 14.8 Å². The van der Waals surface area contributed by atoms with Crippen LogP contribution in [0.5, 0.6) is 5.75 Å².